The molecule has 0 saturated heterocycles. The Morgan fingerprint density at radius 2 is 1.71 bits per heavy atom. The lowest BCUT2D eigenvalue weighted by molar-refractivity contribution is -0.113. The lowest BCUT2D eigenvalue weighted by atomic mass is 10.0. The van der Waals surface area contributed by atoms with E-state index < -0.39 is 0 Å². The zero-order valence-corrected chi connectivity index (χ0v) is 22.3. The van der Waals surface area contributed by atoms with Crippen LogP contribution in [0, 0.1) is 5.92 Å². The van der Waals surface area contributed by atoms with Crippen molar-refractivity contribution in [3.05, 3.63) is 70.5 Å². The van der Waals surface area contributed by atoms with Crippen molar-refractivity contribution >= 4 is 40.9 Å². The van der Waals surface area contributed by atoms with Gasteiger partial charge in [-0.05, 0) is 48.6 Å². The molecule has 1 heterocycles. The van der Waals surface area contributed by atoms with Crippen LogP contribution in [-0.4, -0.2) is 32.3 Å². The van der Waals surface area contributed by atoms with Crippen LogP contribution in [0.3, 0.4) is 0 Å². The fourth-order valence-corrected chi connectivity index (χ4v) is 4.64. The number of aromatic nitrogens is 3. The number of nitrogens with zero attached hydrogens (tertiary/aromatic N) is 3. The third-order valence-electron chi connectivity index (χ3n) is 5.61. The van der Waals surface area contributed by atoms with Gasteiger partial charge in [-0.3, -0.25) is 9.59 Å². The summed E-state index contributed by atoms with van der Waals surface area (Å²) in [6.45, 7) is 10.9. The monoisotopic (exact) mass is 513 g/mol. The molecule has 0 aliphatic rings. The van der Waals surface area contributed by atoms with E-state index in [1.54, 1.807) is 24.3 Å². The SMILES string of the molecule is CCn1c(SCC(=O)Nc2ccc(C(C)C)cc2)nnc1[C@H](NC(=O)c1ccccc1Cl)C(C)C. The first-order chi connectivity index (χ1) is 16.7. The predicted octanol–water partition coefficient (Wildman–Crippen LogP) is 5.93. The molecule has 0 spiro atoms. The predicted molar refractivity (Wildman–Crippen MR) is 142 cm³/mol. The summed E-state index contributed by atoms with van der Waals surface area (Å²) >= 11 is 7.52. The Balaban J connectivity index is 1.69. The van der Waals surface area contributed by atoms with Gasteiger partial charge < -0.3 is 15.2 Å². The van der Waals surface area contributed by atoms with Crippen molar-refractivity contribution < 1.29 is 9.59 Å². The summed E-state index contributed by atoms with van der Waals surface area (Å²) in [5.41, 5.74) is 2.40. The minimum absolute atomic E-state index is 0.0610. The van der Waals surface area contributed by atoms with Gasteiger partial charge in [-0.15, -0.1) is 10.2 Å². The van der Waals surface area contributed by atoms with E-state index in [9.17, 15) is 9.59 Å². The molecule has 1 aromatic heterocycles. The number of halogens is 1. The molecule has 2 N–H and O–H groups in total. The third kappa shape index (κ3) is 6.86. The second-order valence-corrected chi connectivity index (χ2v) is 10.2. The molecule has 0 bridgehead atoms. The Hall–Kier alpha value is -2.84. The molecule has 0 saturated carbocycles. The summed E-state index contributed by atoms with van der Waals surface area (Å²) in [6.07, 6.45) is 0. The molecule has 9 heteroatoms. The number of amides is 2. The van der Waals surface area contributed by atoms with Crippen LogP contribution < -0.4 is 10.6 Å². The molecule has 0 aliphatic heterocycles. The van der Waals surface area contributed by atoms with Gasteiger partial charge in [0.15, 0.2) is 11.0 Å². The van der Waals surface area contributed by atoms with E-state index in [1.165, 1.54) is 17.3 Å². The zero-order valence-electron chi connectivity index (χ0n) is 20.7. The van der Waals surface area contributed by atoms with Gasteiger partial charge in [0.1, 0.15) is 0 Å². The second kappa shape index (κ2) is 12.2. The molecule has 186 valence electrons. The Labute approximate surface area is 216 Å². The maximum Gasteiger partial charge on any atom is 0.253 e. The smallest absolute Gasteiger partial charge is 0.253 e. The van der Waals surface area contributed by atoms with Crippen LogP contribution in [0.4, 0.5) is 5.69 Å². The molecule has 35 heavy (non-hydrogen) atoms. The lowest BCUT2D eigenvalue weighted by Gasteiger charge is -2.22. The Bertz CT molecular complexity index is 1160. The number of rotatable bonds is 10. The quantitative estimate of drug-likeness (QED) is 0.328. The van der Waals surface area contributed by atoms with Crippen molar-refractivity contribution in [2.75, 3.05) is 11.1 Å². The van der Waals surface area contributed by atoms with E-state index >= 15 is 0 Å². The molecule has 0 radical (unpaired) electrons. The number of hydrogen-bond donors (Lipinski definition) is 2. The molecule has 2 aromatic carbocycles. The number of benzene rings is 2. The van der Waals surface area contributed by atoms with Gasteiger partial charge >= 0.3 is 0 Å². The average molecular weight is 514 g/mol. The van der Waals surface area contributed by atoms with Crippen LogP contribution in [0.2, 0.25) is 5.02 Å². The van der Waals surface area contributed by atoms with Crippen LogP contribution >= 0.6 is 23.4 Å². The molecular formula is C26H32ClN5O2S. The Morgan fingerprint density at radius 3 is 2.31 bits per heavy atom. The number of anilines is 1. The summed E-state index contributed by atoms with van der Waals surface area (Å²) in [5.74, 6) is 0.960. The van der Waals surface area contributed by atoms with Crippen LogP contribution in [0.25, 0.3) is 0 Å². The average Bonchev–Trinajstić information content (AvgIpc) is 3.24. The van der Waals surface area contributed by atoms with E-state index in [4.69, 9.17) is 11.6 Å². The molecule has 2 amide bonds. The number of thioether (sulfide) groups is 1. The topological polar surface area (TPSA) is 88.9 Å². The van der Waals surface area contributed by atoms with Gasteiger partial charge in [-0.2, -0.15) is 0 Å². The molecule has 3 aromatic rings. The van der Waals surface area contributed by atoms with E-state index in [1.807, 2.05) is 49.6 Å². The molecule has 1 atom stereocenters. The van der Waals surface area contributed by atoms with Gasteiger partial charge in [-0.25, -0.2) is 0 Å². The van der Waals surface area contributed by atoms with Gasteiger partial charge in [0.25, 0.3) is 5.91 Å². The Morgan fingerprint density at radius 1 is 1.03 bits per heavy atom. The molecule has 0 unspecified atom stereocenters. The van der Waals surface area contributed by atoms with Gasteiger partial charge in [0.2, 0.25) is 5.91 Å². The fraction of sp³-hybridized carbons (Fsp3) is 0.385. The van der Waals surface area contributed by atoms with Crippen molar-refractivity contribution in [2.45, 2.75) is 58.3 Å². The molecule has 0 aliphatic carbocycles. The maximum atomic E-state index is 12.9. The summed E-state index contributed by atoms with van der Waals surface area (Å²) in [7, 11) is 0. The van der Waals surface area contributed by atoms with Crippen LogP contribution in [-0.2, 0) is 11.3 Å². The zero-order chi connectivity index (χ0) is 25.5. The summed E-state index contributed by atoms with van der Waals surface area (Å²) in [6, 6.07) is 14.5. The molecular weight excluding hydrogens is 482 g/mol. The van der Waals surface area contributed by atoms with Crippen LogP contribution in [0.5, 0.6) is 0 Å². The highest BCUT2D eigenvalue weighted by molar-refractivity contribution is 7.99. The summed E-state index contributed by atoms with van der Waals surface area (Å²) in [5, 5.41) is 15.7. The summed E-state index contributed by atoms with van der Waals surface area (Å²) < 4.78 is 1.94. The first kappa shape index (κ1) is 26.8. The van der Waals surface area contributed by atoms with Crippen molar-refractivity contribution in [3.63, 3.8) is 0 Å². The first-order valence-corrected chi connectivity index (χ1v) is 13.1. The van der Waals surface area contributed by atoms with Crippen LogP contribution in [0.15, 0.2) is 53.7 Å². The van der Waals surface area contributed by atoms with E-state index in [2.05, 4.69) is 34.7 Å². The number of carbonyl (C=O) groups excluding carboxylic acids is 2. The van der Waals surface area contributed by atoms with Gasteiger partial charge in [0, 0.05) is 12.2 Å². The minimum Gasteiger partial charge on any atom is -0.342 e. The standard InChI is InChI=1S/C26H32ClN5O2S/c1-6-32-24(23(17(4)5)29-25(34)20-9-7-8-10-21(20)27)30-31-26(32)35-15-22(33)28-19-13-11-18(12-14-19)16(2)3/h7-14,16-17,23H,6,15H2,1-5H3,(H,28,33)(H,29,34)/t23-/m1/s1. The first-order valence-electron chi connectivity index (χ1n) is 11.7. The van der Waals surface area contributed by atoms with Gasteiger partial charge in [0.05, 0.1) is 22.4 Å². The Kier molecular flexibility index (Phi) is 9.34. The van der Waals surface area contributed by atoms with Crippen molar-refractivity contribution in [2.24, 2.45) is 5.92 Å². The number of carbonyl (C=O) groups is 2. The maximum absolute atomic E-state index is 12.9. The van der Waals surface area contributed by atoms with E-state index in [0.717, 1.165) is 5.69 Å². The van der Waals surface area contributed by atoms with E-state index in [0.29, 0.717) is 34.0 Å². The number of hydrogen-bond acceptors (Lipinski definition) is 5. The second-order valence-electron chi connectivity index (χ2n) is 8.87. The van der Waals surface area contributed by atoms with Crippen molar-refractivity contribution in [1.82, 2.24) is 20.1 Å². The largest absolute Gasteiger partial charge is 0.342 e. The number of nitrogens with one attached hydrogen (secondary N) is 2. The van der Waals surface area contributed by atoms with E-state index in [-0.39, 0.29) is 29.5 Å². The van der Waals surface area contributed by atoms with Crippen molar-refractivity contribution in [1.29, 1.82) is 0 Å². The highest BCUT2D eigenvalue weighted by Crippen LogP contribution is 2.26. The molecule has 7 nitrogen and oxygen atoms in total. The highest BCUT2D eigenvalue weighted by atomic mass is 35.5. The molecule has 3 rings (SSSR count). The summed E-state index contributed by atoms with van der Waals surface area (Å²) in [4.78, 5) is 25.4. The van der Waals surface area contributed by atoms with Crippen LogP contribution in [0.1, 0.15) is 68.3 Å². The molecule has 0 fully saturated rings. The normalized spacial score (nSPS) is 12.1. The van der Waals surface area contributed by atoms with Crippen molar-refractivity contribution in [3.8, 4) is 0 Å². The third-order valence-corrected chi connectivity index (χ3v) is 6.90. The highest BCUT2D eigenvalue weighted by Gasteiger charge is 2.26. The lowest BCUT2D eigenvalue weighted by Crippen LogP contribution is -2.34. The fourth-order valence-electron chi connectivity index (χ4n) is 3.61. The van der Waals surface area contributed by atoms with Gasteiger partial charge in [-0.1, -0.05) is 75.3 Å². The minimum atomic E-state index is -0.367.